The van der Waals surface area contributed by atoms with Crippen LogP contribution in [-0.4, -0.2) is 61.6 Å². The number of nitriles is 1. The summed E-state index contributed by atoms with van der Waals surface area (Å²) in [6.07, 6.45) is 1.43. The van der Waals surface area contributed by atoms with Crippen molar-refractivity contribution in [3.05, 3.63) is 0 Å². The average Bonchev–Trinajstić information content (AvgIpc) is 2.92. The summed E-state index contributed by atoms with van der Waals surface area (Å²) < 4.78 is 5.05. The maximum atomic E-state index is 11.8. The lowest BCUT2D eigenvalue weighted by Gasteiger charge is -2.24. The highest BCUT2D eigenvalue weighted by molar-refractivity contribution is 5.79. The second-order valence-electron chi connectivity index (χ2n) is 4.81. The van der Waals surface area contributed by atoms with Gasteiger partial charge in [0.15, 0.2) is 0 Å². The molecule has 0 aromatic rings. The normalized spacial score (nSPS) is 29.9. The zero-order valence-electron chi connectivity index (χ0n) is 10.3. The topological polar surface area (TPSA) is 56.6 Å². The lowest BCUT2D eigenvalue weighted by molar-refractivity contribution is -0.129. The number of hydrogen-bond acceptors (Lipinski definition) is 4. The van der Waals surface area contributed by atoms with E-state index in [2.05, 4.69) is 11.0 Å². The molecule has 2 saturated heterocycles. The van der Waals surface area contributed by atoms with Crippen LogP contribution in [-0.2, 0) is 9.53 Å². The lowest BCUT2D eigenvalue weighted by Crippen LogP contribution is -2.39. The summed E-state index contributed by atoms with van der Waals surface area (Å²) in [6.45, 7) is 4.23. The maximum Gasteiger partial charge on any atom is 0.224 e. The van der Waals surface area contributed by atoms with Crippen LogP contribution in [0.5, 0.6) is 0 Å². The molecule has 2 rings (SSSR count). The second-order valence-corrected chi connectivity index (χ2v) is 4.81. The molecule has 0 saturated carbocycles. The third-order valence-corrected chi connectivity index (χ3v) is 3.64. The minimum absolute atomic E-state index is 0.101. The summed E-state index contributed by atoms with van der Waals surface area (Å²) >= 11 is 0. The lowest BCUT2D eigenvalue weighted by atomic mass is 10.1. The number of nitrogens with zero attached hydrogens (tertiary/aromatic N) is 3. The van der Waals surface area contributed by atoms with Crippen molar-refractivity contribution in [3.8, 4) is 6.07 Å². The van der Waals surface area contributed by atoms with Gasteiger partial charge in [-0.25, -0.2) is 0 Å². The summed E-state index contributed by atoms with van der Waals surface area (Å²) in [5, 5.41) is 8.86. The largest absolute Gasteiger partial charge is 0.383 e. The number of methoxy groups -OCH3 is 1. The second kappa shape index (κ2) is 5.48. The van der Waals surface area contributed by atoms with Gasteiger partial charge in [0.1, 0.15) is 0 Å². The van der Waals surface area contributed by atoms with E-state index in [9.17, 15) is 4.79 Å². The van der Waals surface area contributed by atoms with E-state index in [1.165, 1.54) is 0 Å². The highest BCUT2D eigenvalue weighted by Crippen LogP contribution is 2.24. The van der Waals surface area contributed by atoms with Gasteiger partial charge in [0.25, 0.3) is 0 Å². The fraction of sp³-hybridized carbons (Fsp3) is 0.833. The molecule has 0 spiro atoms. The van der Waals surface area contributed by atoms with E-state index < -0.39 is 0 Å². The molecule has 0 radical (unpaired) electrons. The van der Waals surface area contributed by atoms with Gasteiger partial charge in [0, 0.05) is 45.8 Å². The molecule has 0 aliphatic carbocycles. The fourth-order valence-corrected chi connectivity index (χ4v) is 2.66. The van der Waals surface area contributed by atoms with Crippen molar-refractivity contribution >= 4 is 5.91 Å². The predicted octanol–water partition coefficient (Wildman–Crippen LogP) is 0.0792. The van der Waals surface area contributed by atoms with Gasteiger partial charge in [-0.3, -0.25) is 9.69 Å². The highest BCUT2D eigenvalue weighted by Gasteiger charge is 2.37. The Hall–Kier alpha value is -1.12. The van der Waals surface area contributed by atoms with E-state index in [0.29, 0.717) is 19.0 Å². The molecule has 2 aliphatic rings. The molecule has 0 aromatic carbocycles. The van der Waals surface area contributed by atoms with Crippen LogP contribution in [0.1, 0.15) is 12.8 Å². The van der Waals surface area contributed by atoms with Crippen LogP contribution in [0.15, 0.2) is 0 Å². The van der Waals surface area contributed by atoms with Gasteiger partial charge in [-0.1, -0.05) is 0 Å². The molecule has 2 unspecified atom stereocenters. The summed E-state index contributed by atoms with van der Waals surface area (Å²) in [5.74, 6) is 0.0469. The third-order valence-electron chi connectivity index (χ3n) is 3.64. The van der Waals surface area contributed by atoms with Gasteiger partial charge in [-0.2, -0.15) is 5.26 Å². The van der Waals surface area contributed by atoms with Crippen molar-refractivity contribution in [2.75, 3.05) is 39.9 Å². The van der Waals surface area contributed by atoms with Gasteiger partial charge in [-0.15, -0.1) is 0 Å². The first-order chi connectivity index (χ1) is 8.24. The standard InChI is InChI=1S/C12H19N3O2/c1-17-5-4-14-3-2-11(9-14)15-8-10(7-13)6-12(15)16/h10-11H,2-6,8-9H2,1H3. The minimum atomic E-state index is -0.101. The van der Waals surface area contributed by atoms with Gasteiger partial charge in [-0.05, 0) is 6.42 Å². The van der Waals surface area contributed by atoms with E-state index in [1.54, 1.807) is 7.11 Å². The number of carbonyl (C=O) groups excluding carboxylic acids is 1. The zero-order valence-corrected chi connectivity index (χ0v) is 10.3. The van der Waals surface area contributed by atoms with Gasteiger partial charge >= 0.3 is 0 Å². The average molecular weight is 237 g/mol. The van der Waals surface area contributed by atoms with Crippen LogP contribution in [0.3, 0.4) is 0 Å². The number of hydrogen-bond donors (Lipinski definition) is 0. The third kappa shape index (κ3) is 2.76. The molecule has 17 heavy (non-hydrogen) atoms. The smallest absolute Gasteiger partial charge is 0.224 e. The zero-order chi connectivity index (χ0) is 12.3. The summed E-state index contributed by atoms with van der Waals surface area (Å²) in [5.41, 5.74) is 0. The number of rotatable bonds is 4. The SMILES string of the molecule is COCCN1CCC(N2CC(C#N)CC2=O)C1. The van der Waals surface area contributed by atoms with Crippen LogP contribution < -0.4 is 0 Å². The van der Waals surface area contributed by atoms with E-state index >= 15 is 0 Å². The maximum absolute atomic E-state index is 11.8. The number of amides is 1. The monoisotopic (exact) mass is 237 g/mol. The number of likely N-dealkylation sites (tertiary alicyclic amines) is 2. The van der Waals surface area contributed by atoms with Gasteiger partial charge in [0.2, 0.25) is 5.91 Å². The quantitative estimate of drug-likeness (QED) is 0.695. The molecule has 2 fully saturated rings. The first-order valence-corrected chi connectivity index (χ1v) is 6.15. The van der Waals surface area contributed by atoms with Gasteiger partial charge < -0.3 is 9.64 Å². The van der Waals surface area contributed by atoms with Gasteiger partial charge in [0.05, 0.1) is 18.6 Å². The van der Waals surface area contributed by atoms with Crippen molar-refractivity contribution in [2.45, 2.75) is 18.9 Å². The van der Waals surface area contributed by atoms with Crippen LogP contribution in [0.25, 0.3) is 0 Å². The molecule has 5 nitrogen and oxygen atoms in total. The Morgan fingerprint density at radius 1 is 1.53 bits per heavy atom. The predicted molar refractivity (Wildman–Crippen MR) is 62.2 cm³/mol. The number of carbonyl (C=O) groups is 1. The summed E-state index contributed by atoms with van der Waals surface area (Å²) in [6, 6.07) is 2.50. The van der Waals surface area contributed by atoms with E-state index in [0.717, 1.165) is 32.7 Å². The molecule has 0 N–H and O–H groups in total. The van der Waals surface area contributed by atoms with Crippen molar-refractivity contribution in [2.24, 2.45) is 5.92 Å². The first kappa shape index (κ1) is 12.3. The Bertz CT molecular complexity index is 326. The van der Waals surface area contributed by atoms with Crippen molar-refractivity contribution in [3.63, 3.8) is 0 Å². The molecule has 0 bridgehead atoms. The molecule has 0 aromatic heterocycles. The Morgan fingerprint density at radius 2 is 2.35 bits per heavy atom. The minimum Gasteiger partial charge on any atom is -0.383 e. The molecule has 2 heterocycles. The van der Waals surface area contributed by atoms with E-state index in [4.69, 9.17) is 10.00 Å². The summed E-state index contributed by atoms with van der Waals surface area (Å²) in [7, 11) is 1.70. The van der Waals surface area contributed by atoms with Crippen LogP contribution in [0, 0.1) is 17.2 Å². The first-order valence-electron chi connectivity index (χ1n) is 6.15. The Balaban J connectivity index is 1.84. The van der Waals surface area contributed by atoms with Crippen molar-refractivity contribution < 1.29 is 9.53 Å². The molecule has 2 atom stereocenters. The molecular formula is C12H19N3O2. The Labute approximate surface area is 102 Å². The molecular weight excluding hydrogens is 218 g/mol. The van der Waals surface area contributed by atoms with Crippen molar-refractivity contribution in [1.82, 2.24) is 9.80 Å². The van der Waals surface area contributed by atoms with Crippen LogP contribution in [0.2, 0.25) is 0 Å². The molecule has 1 amide bonds. The fourth-order valence-electron chi connectivity index (χ4n) is 2.66. The molecule has 2 aliphatic heterocycles. The molecule has 94 valence electrons. The van der Waals surface area contributed by atoms with Crippen molar-refractivity contribution in [1.29, 1.82) is 5.26 Å². The number of ether oxygens (including phenoxy) is 1. The molecule has 5 heteroatoms. The Kier molecular flexibility index (Phi) is 3.97. The highest BCUT2D eigenvalue weighted by atomic mass is 16.5. The van der Waals surface area contributed by atoms with Crippen LogP contribution >= 0.6 is 0 Å². The van der Waals surface area contributed by atoms with E-state index in [-0.39, 0.29) is 11.8 Å². The Morgan fingerprint density at radius 3 is 3.00 bits per heavy atom. The van der Waals surface area contributed by atoms with E-state index in [1.807, 2.05) is 4.90 Å². The summed E-state index contributed by atoms with van der Waals surface area (Å²) in [4.78, 5) is 16.0. The van der Waals surface area contributed by atoms with Crippen LogP contribution in [0.4, 0.5) is 0 Å².